The van der Waals surface area contributed by atoms with E-state index in [0.29, 0.717) is 6.54 Å². The first-order valence-electron chi connectivity index (χ1n) is 7.17. The summed E-state index contributed by atoms with van der Waals surface area (Å²) in [6.07, 6.45) is 0. The number of rotatable bonds is 4. The van der Waals surface area contributed by atoms with Gasteiger partial charge in [0.2, 0.25) is 11.8 Å². The molecule has 22 heavy (non-hydrogen) atoms. The van der Waals surface area contributed by atoms with E-state index in [9.17, 15) is 19.5 Å². The van der Waals surface area contributed by atoms with Gasteiger partial charge in [0.05, 0.1) is 12.5 Å². The Morgan fingerprint density at radius 2 is 1.86 bits per heavy atom. The molecule has 0 spiro atoms. The zero-order valence-corrected chi connectivity index (χ0v) is 12.7. The normalized spacial score (nSPS) is 20.7. The van der Waals surface area contributed by atoms with Crippen molar-refractivity contribution >= 4 is 17.8 Å². The van der Waals surface area contributed by atoms with Crippen LogP contribution >= 0.6 is 0 Å². The van der Waals surface area contributed by atoms with E-state index >= 15 is 0 Å². The summed E-state index contributed by atoms with van der Waals surface area (Å²) in [5, 5.41) is 9.41. The summed E-state index contributed by atoms with van der Waals surface area (Å²) in [4.78, 5) is 37.8. The molecule has 1 heterocycles. The number of nitrogens with zero attached hydrogens (tertiary/aromatic N) is 2. The van der Waals surface area contributed by atoms with Gasteiger partial charge in [-0.25, -0.2) is 0 Å². The van der Waals surface area contributed by atoms with Crippen LogP contribution in [0.3, 0.4) is 0 Å². The molecule has 1 fully saturated rings. The predicted molar refractivity (Wildman–Crippen MR) is 80.2 cm³/mol. The van der Waals surface area contributed by atoms with Crippen molar-refractivity contribution in [3.8, 4) is 0 Å². The maximum atomic E-state index is 12.2. The molecule has 1 aromatic rings. The number of carbonyl (C=O) groups excluding carboxylic acids is 2. The van der Waals surface area contributed by atoms with Gasteiger partial charge in [0.15, 0.2) is 0 Å². The third-order valence-electron chi connectivity index (χ3n) is 4.13. The first-order chi connectivity index (χ1) is 10.4. The topological polar surface area (TPSA) is 77.9 Å². The average Bonchev–Trinajstić information content (AvgIpc) is 2.93. The molecule has 0 bridgehead atoms. The van der Waals surface area contributed by atoms with Gasteiger partial charge < -0.3 is 14.9 Å². The fourth-order valence-corrected chi connectivity index (χ4v) is 2.71. The van der Waals surface area contributed by atoms with Gasteiger partial charge in [-0.3, -0.25) is 14.4 Å². The highest BCUT2D eigenvalue weighted by Gasteiger charge is 2.40. The molecule has 0 aromatic heterocycles. The van der Waals surface area contributed by atoms with E-state index in [1.54, 1.807) is 7.05 Å². The highest BCUT2D eigenvalue weighted by molar-refractivity contribution is 5.85. The Kier molecular flexibility index (Phi) is 4.80. The van der Waals surface area contributed by atoms with Crippen molar-refractivity contribution in [3.05, 3.63) is 35.9 Å². The minimum absolute atomic E-state index is 0.0246. The number of amides is 2. The molecule has 0 unspecified atom stereocenters. The van der Waals surface area contributed by atoms with E-state index in [2.05, 4.69) is 0 Å². The van der Waals surface area contributed by atoms with Gasteiger partial charge in [-0.15, -0.1) is 0 Å². The molecule has 1 saturated heterocycles. The maximum Gasteiger partial charge on any atom is 0.308 e. The van der Waals surface area contributed by atoms with Crippen molar-refractivity contribution in [2.24, 2.45) is 5.92 Å². The Bertz CT molecular complexity index is 573. The third-order valence-corrected chi connectivity index (χ3v) is 4.13. The van der Waals surface area contributed by atoms with Crippen LogP contribution in [0, 0.1) is 5.92 Å². The minimum Gasteiger partial charge on any atom is -0.481 e. The molecule has 2 amide bonds. The SMILES string of the molecule is CC(=O)N(C)CC(=O)N1C[C@H](C(=O)O)[C@H](c2ccccc2)C1. The largest absolute Gasteiger partial charge is 0.481 e. The lowest BCUT2D eigenvalue weighted by Crippen LogP contribution is -2.39. The molecule has 1 aliphatic rings. The Hall–Kier alpha value is -2.37. The van der Waals surface area contributed by atoms with E-state index in [-0.39, 0.29) is 30.8 Å². The Morgan fingerprint density at radius 3 is 2.41 bits per heavy atom. The number of carboxylic acid groups (broad SMARTS) is 1. The number of carboxylic acids is 1. The number of hydrogen-bond donors (Lipinski definition) is 1. The third kappa shape index (κ3) is 3.44. The van der Waals surface area contributed by atoms with Crippen LogP contribution in [0.25, 0.3) is 0 Å². The summed E-state index contributed by atoms with van der Waals surface area (Å²) in [6, 6.07) is 9.37. The Labute approximate surface area is 129 Å². The second-order valence-corrected chi connectivity index (χ2v) is 5.64. The van der Waals surface area contributed by atoms with E-state index in [1.807, 2.05) is 30.3 Å². The standard InChI is InChI=1S/C16H20N2O4/c1-11(19)17(2)10-15(20)18-8-13(14(9-18)16(21)22)12-6-4-3-5-7-12/h3-7,13-14H,8-10H2,1-2H3,(H,21,22)/t13-,14-/m0/s1. The molecular weight excluding hydrogens is 284 g/mol. The first-order valence-corrected chi connectivity index (χ1v) is 7.17. The zero-order chi connectivity index (χ0) is 16.3. The van der Waals surface area contributed by atoms with Gasteiger partial charge >= 0.3 is 5.97 Å². The van der Waals surface area contributed by atoms with Gasteiger partial charge in [-0.05, 0) is 5.56 Å². The van der Waals surface area contributed by atoms with Gasteiger partial charge in [0.25, 0.3) is 0 Å². The summed E-state index contributed by atoms with van der Waals surface area (Å²) in [6.45, 7) is 1.91. The summed E-state index contributed by atoms with van der Waals surface area (Å²) in [5.74, 6) is -2.15. The second kappa shape index (κ2) is 6.60. The number of likely N-dealkylation sites (N-methyl/N-ethyl adjacent to an activating group) is 1. The van der Waals surface area contributed by atoms with Crippen molar-refractivity contribution in [2.75, 3.05) is 26.7 Å². The van der Waals surface area contributed by atoms with Crippen LogP contribution in [-0.4, -0.2) is 59.4 Å². The van der Waals surface area contributed by atoms with Crippen LogP contribution in [0.5, 0.6) is 0 Å². The van der Waals surface area contributed by atoms with Crippen LogP contribution in [0.1, 0.15) is 18.4 Å². The highest BCUT2D eigenvalue weighted by Crippen LogP contribution is 2.32. The number of hydrogen-bond acceptors (Lipinski definition) is 3. The van der Waals surface area contributed by atoms with E-state index in [0.717, 1.165) is 5.56 Å². The molecule has 0 aliphatic carbocycles. The summed E-state index contributed by atoms with van der Waals surface area (Å²) in [7, 11) is 1.56. The monoisotopic (exact) mass is 304 g/mol. The highest BCUT2D eigenvalue weighted by atomic mass is 16.4. The summed E-state index contributed by atoms with van der Waals surface area (Å²) < 4.78 is 0. The van der Waals surface area contributed by atoms with Crippen LogP contribution in [0.4, 0.5) is 0 Å². The van der Waals surface area contributed by atoms with Gasteiger partial charge in [0, 0.05) is 33.0 Å². The van der Waals surface area contributed by atoms with Crippen molar-refractivity contribution in [1.29, 1.82) is 0 Å². The molecule has 6 heteroatoms. The predicted octanol–water partition coefficient (Wildman–Crippen LogP) is 0.792. The molecule has 1 aromatic carbocycles. The van der Waals surface area contributed by atoms with Gasteiger partial charge in [-0.1, -0.05) is 30.3 Å². The molecule has 2 rings (SSSR count). The van der Waals surface area contributed by atoms with Crippen LogP contribution < -0.4 is 0 Å². The quantitative estimate of drug-likeness (QED) is 0.892. The Balaban J connectivity index is 2.12. The number of likely N-dealkylation sites (tertiary alicyclic amines) is 1. The summed E-state index contributed by atoms with van der Waals surface area (Å²) in [5.41, 5.74) is 0.921. The van der Waals surface area contributed by atoms with Gasteiger partial charge in [-0.2, -0.15) is 0 Å². The van der Waals surface area contributed by atoms with Crippen molar-refractivity contribution in [1.82, 2.24) is 9.80 Å². The van der Waals surface area contributed by atoms with Crippen molar-refractivity contribution < 1.29 is 19.5 Å². The number of benzene rings is 1. The van der Waals surface area contributed by atoms with Crippen LogP contribution in [0.2, 0.25) is 0 Å². The first kappa shape index (κ1) is 16.0. The minimum atomic E-state index is -0.899. The van der Waals surface area contributed by atoms with E-state index in [1.165, 1.54) is 16.7 Å². The number of aliphatic carboxylic acids is 1. The van der Waals surface area contributed by atoms with Gasteiger partial charge in [0.1, 0.15) is 0 Å². The molecule has 0 saturated carbocycles. The van der Waals surface area contributed by atoms with Crippen molar-refractivity contribution in [3.63, 3.8) is 0 Å². The lowest BCUT2D eigenvalue weighted by Gasteiger charge is -2.20. The molecule has 0 radical (unpaired) electrons. The van der Waals surface area contributed by atoms with E-state index in [4.69, 9.17) is 0 Å². The number of carbonyl (C=O) groups is 3. The van der Waals surface area contributed by atoms with E-state index < -0.39 is 11.9 Å². The maximum absolute atomic E-state index is 12.2. The van der Waals surface area contributed by atoms with Crippen molar-refractivity contribution in [2.45, 2.75) is 12.8 Å². The molecule has 118 valence electrons. The summed E-state index contributed by atoms with van der Waals surface area (Å²) >= 11 is 0. The fourth-order valence-electron chi connectivity index (χ4n) is 2.71. The van der Waals surface area contributed by atoms with Crippen LogP contribution in [0.15, 0.2) is 30.3 Å². The van der Waals surface area contributed by atoms with Crippen LogP contribution in [-0.2, 0) is 14.4 Å². The lowest BCUT2D eigenvalue weighted by atomic mass is 9.89. The molecule has 2 atom stereocenters. The smallest absolute Gasteiger partial charge is 0.308 e. The molecule has 6 nitrogen and oxygen atoms in total. The average molecular weight is 304 g/mol. The molecular formula is C16H20N2O4. The fraction of sp³-hybridized carbons (Fsp3) is 0.438. The lowest BCUT2D eigenvalue weighted by molar-refractivity contribution is -0.142. The molecule has 1 N–H and O–H groups in total. The Morgan fingerprint density at radius 1 is 1.23 bits per heavy atom. The zero-order valence-electron chi connectivity index (χ0n) is 12.7. The second-order valence-electron chi connectivity index (χ2n) is 5.64. The molecule has 1 aliphatic heterocycles.